The highest BCUT2D eigenvalue weighted by atomic mass is 32.1. The zero-order valence-electron chi connectivity index (χ0n) is 11.1. The van der Waals surface area contributed by atoms with E-state index in [4.69, 9.17) is 4.74 Å². The third-order valence-electron chi connectivity index (χ3n) is 2.19. The third kappa shape index (κ3) is 2.95. The van der Waals surface area contributed by atoms with Crippen molar-refractivity contribution in [1.82, 2.24) is 4.98 Å². The molecule has 0 fully saturated rings. The number of hydrogen-bond acceptors (Lipinski definition) is 6. The minimum absolute atomic E-state index is 0.405. The number of aliphatic imine (C=N–C) groups is 1. The maximum atomic E-state index is 11.7. The molecule has 0 amide bonds. The van der Waals surface area contributed by atoms with Crippen molar-refractivity contribution in [3.8, 4) is 0 Å². The van der Waals surface area contributed by atoms with Gasteiger partial charge in [-0.15, -0.1) is 0 Å². The van der Waals surface area contributed by atoms with E-state index in [9.17, 15) is 4.79 Å². The number of thiazole rings is 1. The Morgan fingerprint density at radius 3 is 2.72 bits per heavy atom. The standard InChI is InChI=1S/C12H17N3O2S/c1-6-7-8(11(16)17-5)9-10(13-2)18-12(14-9)15(3)4/h7H,2,6H2,1,3-5H3. The quantitative estimate of drug-likeness (QED) is 0.467. The van der Waals surface area contributed by atoms with Gasteiger partial charge in [0.05, 0.1) is 12.7 Å². The number of carbonyl (C=O) groups is 1. The number of carbonyl (C=O) groups excluding carboxylic acids is 1. The van der Waals surface area contributed by atoms with Gasteiger partial charge in [-0.25, -0.2) is 9.78 Å². The van der Waals surface area contributed by atoms with Crippen molar-refractivity contribution in [3.05, 3.63) is 11.8 Å². The van der Waals surface area contributed by atoms with Gasteiger partial charge in [-0.3, -0.25) is 4.99 Å². The lowest BCUT2D eigenvalue weighted by Gasteiger charge is -2.06. The van der Waals surface area contributed by atoms with Crippen molar-refractivity contribution in [2.45, 2.75) is 13.3 Å². The van der Waals surface area contributed by atoms with Crippen LogP contribution in [0.3, 0.4) is 0 Å². The Bertz CT molecular complexity index is 478. The number of rotatable bonds is 5. The fraction of sp³-hybridized carbons (Fsp3) is 0.417. The van der Waals surface area contributed by atoms with Gasteiger partial charge in [0.25, 0.3) is 0 Å². The number of ether oxygens (including phenoxy) is 1. The molecule has 18 heavy (non-hydrogen) atoms. The minimum Gasteiger partial charge on any atom is -0.465 e. The van der Waals surface area contributed by atoms with Gasteiger partial charge in [-0.1, -0.05) is 24.3 Å². The van der Waals surface area contributed by atoms with Gasteiger partial charge in [-0.05, 0) is 13.1 Å². The summed E-state index contributed by atoms with van der Waals surface area (Å²) < 4.78 is 4.77. The molecule has 5 nitrogen and oxygen atoms in total. The molecule has 0 unspecified atom stereocenters. The number of allylic oxidation sites excluding steroid dienone is 1. The summed E-state index contributed by atoms with van der Waals surface area (Å²) in [6.07, 6.45) is 2.50. The SMILES string of the molecule is C=Nc1sc(N(C)C)nc1C(=CCC)C(=O)OC. The van der Waals surface area contributed by atoms with Crippen LogP contribution in [0.15, 0.2) is 11.1 Å². The zero-order valence-corrected chi connectivity index (χ0v) is 11.9. The third-order valence-corrected chi connectivity index (χ3v) is 3.35. The number of esters is 1. The van der Waals surface area contributed by atoms with Crippen molar-refractivity contribution in [3.63, 3.8) is 0 Å². The van der Waals surface area contributed by atoms with Crippen LogP contribution in [0.25, 0.3) is 5.57 Å². The molecule has 0 saturated heterocycles. The summed E-state index contributed by atoms with van der Waals surface area (Å²) in [6, 6.07) is 0. The highest BCUT2D eigenvalue weighted by molar-refractivity contribution is 7.19. The summed E-state index contributed by atoms with van der Waals surface area (Å²) in [5, 5.41) is 1.40. The molecule has 1 rings (SSSR count). The molecule has 0 spiro atoms. The number of anilines is 1. The first kappa shape index (κ1) is 14.4. The topological polar surface area (TPSA) is 54.8 Å². The summed E-state index contributed by atoms with van der Waals surface area (Å²) in [5.74, 6) is -0.405. The average Bonchev–Trinajstić information content (AvgIpc) is 2.79. The van der Waals surface area contributed by atoms with Crippen molar-refractivity contribution < 1.29 is 9.53 Å². The van der Waals surface area contributed by atoms with E-state index in [1.807, 2.05) is 25.9 Å². The Hall–Kier alpha value is -1.69. The maximum absolute atomic E-state index is 11.7. The smallest absolute Gasteiger partial charge is 0.339 e. The molecule has 1 heterocycles. The lowest BCUT2D eigenvalue weighted by atomic mass is 10.1. The van der Waals surface area contributed by atoms with E-state index in [1.165, 1.54) is 18.4 Å². The van der Waals surface area contributed by atoms with Crippen LogP contribution in [0.2, 0.25) is 0 Å². The minimum atomic E-state index is -0.405. The summed E-state index contributed by atoms with van der Waals surface area (Å²) >= 11 is 1.39. The molecule has 1 aromatic heterocycles. The molecule has 0 radical (unpaired) electrons. The van der Waals surface area contributed by atoms with E-state index >= 15 is 0 Å². The highest BCUT2D eigenvalue weighted by Crippen LogP contribution is 2.36. The van der Waals surface area contributed by atoms with E-state index in [0.717, 1.165) is 11.6 Å². The Morgan fingerprint density at radius 1 is 1.61 bits per heavy atom. The van der Waals surface area contributed by atoms with Crippen LogP contribution in [0.5, 0.6) is 0 Å². The first-order chi connectivity index (χ1) is 8.54. The first-order valence-electron chi connectivity index (χ1n) is 5.48. The molecule has 0 aromatic carbocycles. The molecule has 98 valence electrons. The average molecular weight is 267 g/mol. The van der Waals surface area contributed by atoms with Crippen molar-refractivity contribution in [1.29, 1.82) is 0 Å². The Kier molecular flexibility index (Phi) is 5.03. The molecule has 0 bridgehead atoms. The summed E-state index contributed by atoms with van der Waals surface area (Å²) in [4.78, 5) is 21.9. The molecule has 0 aliphatic rings. The van der Waals surface area contributed by atoms with Crippen LogP contribution >= 0.6 is 11.3 Å². The molecule has 1 aromatic rings. The van der Waals surface area contributed by atoms with Gasteiger partial charge in [-0.2, -0.15) is 0 Å². The van der Waals surface area contributed by atoms with Crippen LogP contribution in [0, 0.1) is 0 Å². The monoisotopic (exact) mass is 267 g/mol. The van der Waals surface area contributed by atoms with E-state index in [1.54, 1.807) is 6.08 Å². The molecular formula is C12H17N3O2S. The van der Waals surface area contributed by atoms with E-state index < -0.39 is 5.97 Å². The van der Waals surface area contributed by atoms with Crippen LogP contribution in [0.1, 0.15) is 19.0 Å². The number of hydrogen-bond donors (Lipinski definition) is 0. The summed E-state index contributed by atoms with van der Waals surface area (Å²) in [7, 11) is 5.12. The lowest BCUT2D eigenvalue weighted by Crippen LogP contribution is -2.09. The van der Waals surface area contributed by atoms with Crippen molar-refractivity contribution in [2.24, 2.45) is 4.99 Å². The Morgan fingerprint density at radius 2 is 2.28 bits per heavy atom. The fourth-order valence-electron chi connectivity index (χ4n) is 1.37. The second-order valence-electron chi connectivity index (χ2n) is 3.72. The van der Waals surface area contributed by atoms with Crippen molar-refractivity contribution >= 4 is 39.7 Å². The zero-order chi connectivity index (χ0) is 13.7. The largest absolute Gasteiger partial charge is 0.465 e. The normalized spacial score (nSPS) is 11.2. The molecule has 0 aliphatic carbocycles. The van der Waals surface area contributed by atoms with Gasteiger partial charge in [0.2, 0.25) is 0 Å². The van der Waals surface area contributed by atoms with Crippen LogP contribution in [-0.2, 0) is 9.53 Å². The van der Waals surface area contributed by atoms with Gasteiger partial charge in [0.15, 0.2) is 5.13 Å². The maximum Gasteiger partial charge on any atom is 0.339 e. The second kappa shape index (κ2) is 6.30. The highest BCUT2D eigenvalue weighted by Gasteiger charge is 2.21. The molecular weight excluding hydrogens is 250 g/mol. The molecule has 0 saturated carbocycles. The Labute approximate surface area is 111 Å². The summed E-state index contributed by atoms with van der Waals surface area (Å²) in [6.45, 7) is 5.46. The van der Waals surface area contributed by atoms with E-state index in [-0.39, 0.29) is 0 Å². The summed E-state index contributed by atoms with van der Waals surface area (Å²) in [5.41, 5.74) is 0.971. The van der Waals surface area contributed by atoms with Crippen LogP contribution in [-0.4, -0.2) is 38.9 Å². The number of methoxy groups -OCH3 is 1. The van der Waals surface area contributed by atoms with Gasteiger partial charge >= 0.3 is 5.97 Å². The van der Waals surface area contributed by atoms with Gasteiger partial charge < -0.3 is 9.64 Å². The predicted octanol–water partition coefficient (Wildman–Crippen LogP) is 2.51. The molecule has 0 atom stereocenters. The van der Waals surface area contributed by atoms with Gasteiger partial charge in [0.1, 0.15) is 10.7 Å². The fourth-order valence-corrected chi connectivity index (χ4v) is 2.17. The number of aromatic nitrogens is 1. The predicted molar refractivity (Wildman–Crippen MR) is 75.9 cm³/mol. The van der Waals surface area contributed by atoms with Gasteiger partial charge in [0, 0.05) is 14.1 Å². The van der Waals surface area contributed by atoms with E-state index in [0.29, 0.717) is 16.3 Å². The Balaban J connectivity index is 3.31. The second-order valence-corrected chi connectivity index (χ2v) is 4.68. The van der Waals surface area contributed by atoms with Crippen LogP contribution in [0.4, 0.5) is 10.1 Å². The van der Waals surface area contributed by atoms with E-state index in [2.05, 4.69) is 16.7 Å². The number of nitrogens with zero attached hydrogens (tertiary/aromatic N) is 3. The first-order valence-corrected chi connectivity index (χ1v) is 6.30. The molecule has 6 heteroatoms. The molecule has 0 aliphatic heterocycles. The molecule has 0 N–H and O–H groups in total. The van der Waals surface area contributed by atoms with Crippen LogP contribution < -0.4 is 4.90 Å². The van der Waals surface area contributed by atoms with Crippen molar-refractivity contribution in [2.75, 3.05) is 26.1 Å². The lowest BCUT2D eigenvalue weighted by molar-refractivity contribution is -0.133.